The Morgan fingerprint density at radius 1 is 1.07 bits per heavy atom. The molecule has 1 saturated heterocycles. The zero-order valence-electron chi connectivity index (χ0n) is 15.3. The van der Waals surface area contributed by atoms with Crippen LogP contribution in [0.15, 0.2) is 47.5 Å². The van der Waals surface area contributed by atoms with E-state index in [4.69, 9.17) is 0 Å². The number of aromatic hydroxyl groups is 1. The summed E-state index contributed by atoms with van der Waals surface area (Å²) in [4.78, 5) is 11.9. The van der Waals surface area contributed by atoms with E-state index < -0.39 is 0 Å². The Morgan fingerprint density at radius 3 is 2.70 bits per heavy atom. The summed E-state index contributed by atoms with van der Waals surface area (Å²) in [7, 11) is 2.16. The van der Waals surface area contributed by atoms with Gasteiger partial charge in [-0.1, -0.05) is 6.07 Å². The molecule has 1 aliphatic heterocycles. The second kappa shape index (κ2) is 7.40. The summed E-state index contributed by atoms with van der Waals surface area (Å²) in [6.07, 6.45) is 2.66. The lowest BCUT2D eigenvalue weighted by molar-refractivity contribution is 0.360. The van der Waals surface area contributed by atoms with Crippen molar-refractivity contribution in [1.82, 2.24) is 9.88 Å². The molecular weight excluding hydrogens is 343 g/mol. The average molecular weight is 366 g/mol. The SMILES string of the molecule is CN1CCCN(c2ccc(N=Cc3c(O)[nH]c4cccc(F)c34)cc2)CC1. The highest BCUT2D eigenvalue weighted by Crippen LogP contribution is 2.28. The van der Waals surface area contributed by atoms with Crippen LogP contribution in [0, 0.1) is 5.82 Å². The first kappa shape index (κ1) is 17.5. The molecule has 140 valence electrons. The molecule has 4 rings (SSSR count). The van der Waals surface area contributed by atoms with Gasteiger partial charge in [-0.25, -0.2) is 4.39 Å². The Kier molecular flexibility index (Phi) is 4.81. The molecular formula is C21H23FN4O. The van der Waals surface area contributed by atoms with Crippen LogP contribution in [0.5, 0.6) is 5.88 Å². The van der Waals surface area contributed by atoms with E-state index in [0.717, 1.165) is 38.3 Å². The van der Waals surface area contributed by atoms with Gasteiger partial charge >= 0.3 is 0 Å². The van der Waals surface area contributed by atoms with Gasteiger partial charge in [-0.15, -0.1) is 0 Å². The van der Waals surface area contributed by atoms with Crippen molar-refractivity contribution >= 4 is 28.5 Å². The minimum Gasteiger partial charge on any atom is -0.494 e. The van der Waals surface area contributed by atoms with E-state index in [1.165, 1.54) is 18.0 Å². The Morgan fingerprint density at radius 2 is 1.89 bits per heavy atom. The first-order valence-electron chi connectivity index (χ1n) is 9.18. The van der Waals surface area contributed by atoms with Crippen LogP contribution in [0.3, 0.4) is 0 Å². The molecule has 0 spiro atoms. The zero-order chi connectivity index (χ0) is 18.8. The Balaban J connectivity index is 1.54. The Labute approximate surface area is 157 Å². The third kappa shape index (κ3) is 3.66. The summed E-state index contributed by atoms with van der Waals surface area (Å²) >= 11 is 0. The van der Waals surface area contributed by atoms with Crippen molar-refractivity contribution in [2.45, 2.75) is 6.42 Å². The number of hydrogen-bond acceptors (Lipinski definition) is 4. The topological polar surface area (TPSA) is 54.9 Å². The predicted molar refractivity (Wildman–Crippen MR) is 108 cm³/mol. The molecule has 0 bridgehead atoms. The van der Waals surface area contributed by atoms with Crippen molar-refractivity contribution in [3.05, 3.63) is 53.8 Å². The minimum atomic E-state index is -0.382. The van der Waals surface area contributed by atoms with Crippen LogP contribution in [0.25, 0.3) is 10.9 Å². The second-order valence-corrected chi connectivity index (χ2v) is 6.97. The highest BCUT2D eigenvalue weighted by Gasteiger charge is 2.14. The number of aromatic nitrogens is 1. The number of aromatic amines is 1. The molecule has 0 unspecified atom stereocenters. The van der Waals surface area contributed by atoms with E-state index in [1.807, 2.05) is 12.1 Å². The van der Waals surface area contributed by atoms with Crippen molar-refractivity contribution in [1.29, 1.82) is 0 Å². The molecule has 0 radical (unpaired) electrons. The molecule has 6 heteroatoms. The largest absolute Gasteiger partial charge is 0.494 e. The van der Waals surface area contributed by atoms with Crippen molar-refractivity contribution < 1.29 is 9.50 Å². The lowest BCUT2D eigenvalue weighted by Gasteiger charge is -2.22. The summed E-state index contributed by atoms with van der Waals surface area (Å²) in [5.74, 6) is -0.462. The molecule has 0 amide bonds. The molecule has 3 aromatic rings. The van der Waals surface area contributed by atoms with Gasteiger partial charge < -0.3 is 19.9 Å². The maximum Gasteiger partial charge on any atom is 0.198 e. The summed E-state index contributed by atoms with van der Waals surface area (Å²) < 4.78 is 14.1. The number of halogens is 1. The molecule has 1 aliphatic rings. The van der Waals surface area contributed by atoms with Gasteiger partial charge in [0.2, 0.25) is 0 Å². The van der Waals surface area contributed by atoms with Gasteiger partial charge in [-0.05, 0) is 56.4 Å². The number of benzene rings is 2. The number of aliphatic imine (C=N–C) groups is 1. The first-order chi connectivity index (χ1) is 13.1. The van der Waals surface area contributed by atoms with Gasteiger partial charge in [0.25, 0.3) is 0 Å². The molecule has 1 fully saturated rings. The fraction of sp³-hybridized carbons (Fsp3) is 0.286. The quantitative estimate of drug-likeness (QED) is 0.691. The molecule has 5 nitrogen and oxygen atoms in total. The van der Waals surface area contributed by atoms with Gasteiger partial charge in [0.05, 0.1) is 16.8 Å². The van der Waals surface area contributed by atoms with Gasteiger partial charge in [-0.3, -0.25) is 4.99 Å². The van der Waals surface area contributed by atoms with Crippen LogP contribution < -0.4 is 4.90 Å². The number of fused-ring (bicyclic) bond motifs is 1. The van der Waals surface area contributed by atoms with Crippen molar-refractivity contribution in [3.8, 4) is 5.88 Å². The van der Waals surface area contributed by atoms with Gasteiger partial charge in [-0.2, -0.15) is 0 Å². The molecule has 0 atom stereocenters. The van der Waals surface area contributed by atoms with Crippen LogP contribution in [0.4, 0.5) is 15.8 Å². The number of nitrogens with one attached hydrogen (secondary N) is 1. The summed E-state index contributed by atoms with van der Waals surface area (Å²) in [5.41, 5.74) is 2.86. The van der Waals surface area contributed by atoms with Crippen LogP contribution in [0.2, 0.25) is 0 Å². The predicted octanol–water partition coefficient (Wildman–Crippen LogP) is 3.91. The van der Waals surface area contributed by atoms with Gasteiger partial charge in [0, 0.05) is 36.9 Å². The van der Waals surface area contributed by atoms with Crippen LogP contribution >= 0.6 is 0 Å². The van der Waals surface area contributed by atoms with E-state index >= 15 is 0 Å². The number of likely N-dealkylation sites (N-methyl/N-ethyl adjacent to an activating group) is 1. The van der Waals surface area contributed by atoms with E-state index in [-0.39, 0.29) is 11.7 Å². The van der Waals surface area contributed by atoms with E-state index in [2.05, 4.69) is 39.0 Å². The average Bonchev–Trinajstić information content (AvgIpc) is 2.83. The van der Waals surface area contributed by atoms with Crippen molar-refractivity contribution in [2.24, 2.45) is 4.99 Å². The van der Waals surface area contributed by atoms with Crippen molar-refractivity contribution in [3.63, 3.8) is 0 Å². The molecule has 0 saturated carbocycles. The standard InChI is InChI=1S/C21H23FN4O/c1-25-10-3-11-26(13-12-25)16-8-6-15(7-9-16)23-14-17-20-18(22)4-2-5-19(20)24-21(17)27/h2,4-9,14,24,27H,3,10-13H2,1H3. The number of H-pyrrole nitrogens is 1. The molecule has 2 heterocycles. The summed E-state index contributed by atoms with van der Waals surface area (Å²) in [6, 6.07) is 12.7. The second-order valence-electron chi connectivity index (χ2n) is 6.97. The smallest absolute Gasteiger partial charge is 0.198 e. The lowest BCUT2D eigenvalue weighted by Crippen LogP contribution is -2.28. The minimum absolute atomic E-state index is 0.0795. The monoisotopic (exact) mass is 366 g/mol. The van der Waals surface area contributed by atoms with Gasteiger partial charge in [0.1, 0.15) is 5.82 Å². The highest BCUT2D eigenvalue weighted by atomic mass is 19.1. The van der Waals surface area contributed by atoms with Crippen LogP contribution in [-0.2, 0) is 0 Å². The molecule has 1 aromatic heterocycles. The Hall–Kier alpha value is -2.86. The van der Waals surface area contributed by atoms with Crippen LogP contribution in [-0.4, -0.2) is 54.4 Å². The number of rotatable bonds is 3. The number of hydrogen-bond donors (Lipinski definition) is 2. The maximum atomic E-state index is 14.1. The normalized spacial score (nSPS) is 16.3. The molecule has 2 N–H and O–H groups in total. The van der Waals surface area contributed by atoms with E-state index in [0.29, 0.717) is 16.5 Å². The highest BCUT2D eigenvalue weighted by molar-refractivity contribution is 6.02. The summed E-state index contributed by atoms with van der Waals surface area (Å²) in [6.45, 7) is 4.26. The van der Waals surface area contributed by atoms with Crippen LogP contribution in [0.1, 0.15) is 12.0 Å². The number of nitrogens with zero attached hydrogens (tertiary/aromatic N) is 3. The molecule has 0 aliphatic carbocycles. The van der Waals surface area contributed by atoms with E-state index in [9.17, 15) is 9.50 Å². The summed E-state index contributed by atoms with van der Waals surface area (Å²) in [5, 5.41) is 10.4. The maximum absolute atomic E-state index is 14.1. The van der Waals surface area contributed by atoms with Crippen molar-refractivity contribution in [2.75, 3.05) is 38.1 Å². The lowest BCUT2D eigenvalue weighted by atomic mass is 10.1. The molecule has 27 heavy (non-hydrogen) atoms. The third-order valence-electron chi connectivity index (χ3n) is 5.07. The first-order valence-corrected chi connectivity index (χ1v) is 9.18. The third-order valence-corrected chi connectivity index (χ3v) is 5.07. The van der Waals surface area contributed by atoms with Gasteiger partial charge in [0.15, 0.2) is 5.88 Å². The molecule has 2 aromatic carbocycles. The zero-order valence-corrected chi connectivity index (χ0v) is 15.3. The fourth-order valence-corrected chi connectivity index (χ4v) is 3.53. The number of anilines is 1. The Bertz CT molecular complexity index is 964. The van der Waals surface area contributed by atoms with E-state index in [1.54, 1.807) is 12.1 Å². The fourth-order valence-electron chi connectivity index (χ4n) is 3.53.